The number of hydrogen-bond donors (Lipinski definition) is 1. The van der Waals surface area contributed by atoms with E-state index in [0.717, 1.165) is 12.8 Å². The summed E-state index contributed by atoms with van der Waals surface area (Å²) in [6.07, 6.45) is 13.5. The van der Waals surface area contributed by atoms with Crippen LogP contribution in [0.4, 0.5) is 0 Å². The number of carbonyl (C=O) groups excluding carboxylic acids is 1. The van der Waals surface area contributed by atoms with Crippen molar-refractivity contribution in [1.29, 1.82) is 0 Å². The fourth-order valence-electron chi connectivity index (χ4n) is 10.0. The number of methoxy groups -OCH3 is 1. The van der Waals surface area contributed by atoms with Gasteiger partial charge in [0.05, 0.1) is 12.0 Å². The van der Waals surface area contributed by atoms with Gasteiger partial charge in [0.25, 0.3) is 0 Å². The van der Waals surface area contributed by atoms with Gasteiger partial charge in [-0.3, -0.25) is 4.79 Å². The highest BCUT2D eigenvalue weighted by Gasteiger charge is 2.88. The number of carbonyl (C=O) groups is 1. The fraction of sp³-hybridized carbons (Fsp3) is 0.864. The number of ether oxygens (including phenoxy) is 1. The van der Waals surface area contributed by atoms with Crippen LogP contribution in [0.2, 0.25) is 0 Å². The summed E-state index contributed by atoms with van der Waals surface area (Å²) in [4.78, 5) is 13.1. The van der Waals surface area contributed by atoms with Crippen LogP contribution < -0.4 is 0 Å². The van der Waals surface area contributed by atoms with E-state index in [9.17, 15) is 9.90 Å². The third-order valence-corrected chi connectivity index (χ3v) is 10.6. The van der Waals surface area contributed by atoms with Crippen LogP contribution in [0.3, 0.4) is 0 Å². The van der Waals surface area contributed by atoms with Gasteiger partial charge in [0.2, 0.25) is 0 Å². The molecule has 6 aliphatic carbocycles. The van der Waals surface area contributed by atoms with Crippen LogP contribution in [-0.2, 0) is 9.53 Å². The molecule has 6 rings (SSSR count). The molecule has 6 aliphatic rings. The number of aliphatic hydroxyl groups is 1. The number of Topliss-reactive ketones (excluding diaryl/α,β-unsaturated/α-hetero) is 1. The molecule has 0 saturated heterocycles. The Bertz CT molecular complexity index is 699. The van der Waals surface area contributed by atoms with Gasteiger partial charge in [-0.2, -0.15) is 0 Å². The van der Waals surface area contributed by atoms with E-state index in [0.29, 0.717) is 29.6 Å². The normalized spacial score (nSPS) is 63.6. The largest absolute Gasteiger partial charge is 0.386 e. The standard InChI is InChI=1S/C22H30O3/c1-19-17-13-7-10-20(19)8-3-5-14(20)6-4-9-21(19,12-13)22(24)16(25-2)11-15(23)18(17)22/h4,6,13-14,16-18,24H,3,5,7-12H2,1-2H3/t13-,14+,16+,17-,18+,19+,20-,21-,22+/m0/s1. The lowest BCUT2D eigenvalue weighted by Crippen LogP contribution is -2.60. The maximum Gasteiger partial charge on any atom is 0.141 e. The van der Waals surface area contributed by atoms with Crippen LogP contribution >= 0.6 is 0 Å². The lowest BCUT2D eigenvalue weighted by atomic mass is 9.46. The molecule has 5 fully saturated rings. The highest BCUT2D eigenvalue weighted by atomic mass is 16.5. The second-order valence-corrected chi connectivity index (χ2v) is 10.3. The second-order valence-electron chi connectivity index (χ2n) is 10.3. The summed E-state index contributed by atoms with van der Waals surface area (Å²) in [5.74, 6) is 1.77. The Hall–Kier alpha value is -0.670. The van der Waals surface area contributed by atoms with Gasteiger partial charge < -0.3 is 9.84 Å². The molecule has 3 nitrogen and oxygen atoms in total. The SMILES string of the molecule is CO[C@@H]1CC(=O)[C@@H]2[C@@H]3[C@H]4CC[C@@]56CCC[C@@H]5C=CC[C@@](C4)([C@]21O)[C@]36C. The Balaban J connectivity index is 1.67. The molecule has 25 heavy (non-hydrogen) atoms. The Labute approximate surface area is 150 Å². The Morgan fingerprint density at radius 1 is 1.28 bits per heavy atom. The third kappa shape index (κ3) is 1.22. The molecule has 3 heteroatoms. The van der Waals surface area contributed by atoms with Gasteiger partial charge in [-0.15, -0.1) is 0 Å². The van der Waals surface area contributed by atoms with Crippen LogP contribution in [-0.4, -0.2) is 29.7 Å². The molecule has 5 saturated carbocycles. The first-order valence-electron chi connectivity index (χ1n) is 10.4. The first kappa shape index (κ1) is 15.4. The Kier molecular flexibility index (Phi) is 2.62. The van der Waals surface area contributed by atoms with Crippen LogP contribution in [0.1, 0.15) is 58.3 Å². The average Bonchev–Trinajstić information content (AvgIpc) is 3.20. The van der Waals surface area contributed by atoms with Crippen molar-refractivity contribution in [2.75, 3.05) is 7.11 Å². The summed E-state index contributed by atoms with van der Waals surface area (Å²) < 4.78 is 5.79. The maximum absolute atomic E-state index is 13.1. The number of rotatable bonds is 1. The van der Waals surface area contributed by atoms with Gasteiger partial charge in [0.15, 0.2) is 0 Å². The van der Waals surface area contributed by atoms with Crippen molar-refractivity contribution in [3.63, 3.8) is 0 Å². The van der Waals surface area contributed by atoms with Gasteiger partial charge in [-0.1, -0.05) is 25.5 Å². The number of ketones is 1. The van der Waals surface area contributed by atoms with E-state index in [2.05, 4.69) is 19.1 Å². The molecular weight excluding hydrogens is 312 g/mol. The zero-order valence-corrected chi connectivity index (χ0v) is 15.5. The summed E-state index contributed by atoms with van der Waals surface area (Å²) >= 11 is 0. The van der Waals surface area contributed by atoms with Gasteiger partial charge in [0.1, 0.15) is 11.4 Å². The van der Waals surface area contributed by atoms with E-state index in [1.807, 2.05) is 0 Å². The van der Waals surface area contributed by atoms with E-state index in [4.69, 9.17) is 4.74 Å². The van der Waals surface area contributed by atoms with Crippen LogP contribution in [0.15, 0.2) is 12.2 Å². The topological polar surface area (TPSA) is 46.5 Å². The first-order valence-corrected chi connectivity index (χ1v) is 10.4. The fourth-order valence-corrected chi connectivity index (χ4v) is 10.0. The summed E-state index contributed by atoms with van der Waals surface area (Å²) in [5, 5.41) is 12.2. The average molecular weight is 342 g/mol. The van der Waals surface area contributed by atoms with Crippen molar-refractivity contribution in [3.8, 4) is 0 Å². The third-order valence-electron chi connectivity index (χ3n) is 10.6. The molecule has 9 atom stereocenters. The molecule has 1 N–H and O–H groups in total. The van der Waals surface area contributed by atoms with E-state index < -0.39 is 5.60 Å². The molecule has 0 unspecified atom stereocenters. The van der Waals surface area contributed by atoms with Crippen molar-refractivity contribution in [2.24, 2.45) is 39.9 Å². The van der Waals surface area contributed by atoms with Crippen LogP contribution in [0, 0.1) is 39.9 Å². The molecular formula is C22H30O3. The second kappa shape index (κ2) is 4.25. The van der Waals surface area contributed by atoms with Gasteiger partial charge in [-0.25, -0.2) is 0 Å². The minimum atomic E-state index is -0.950. The van der Waals surface area contributed by atoms with Crippen LogP contribution in [0.25, 0.3) is 0 Å². The molecule has 4 bridgehead atoms. The zero-order valence-electron chi connectivity index (χ0n) is 15.5. The summed E-state index contributed by atoms with van der Waals surface area (Å²) in [6.45, 7) is 2.50. The highest BCUT2D eigenvalue weighted by Crippen LogP contribution is 2.87. The lowest BCUT2D eigenvalue weighted by Gasteiger charge is -2.58. The van der Waals surface area contributed by atoms with Crippen molar-refractivity contribution in [3.05, 3.63) is 12.2 Å². The van der Waals surface area contributed by atoms with Crippen molar-refractivity contribution in [1.82, 2.24) is 0 Å². The zero-order chi connectivity index (χ0) is 17.2. The van der Waals surface area contributed by atoms with Crippen LogP contribution in [0.5, 0.6) is 0 Å². The van der Waals surface area contributed by atoms with E-state index >= 15 is 0 Å². The van der Waals surface area contributed by atoms with Crippen molar-refractivity contribution in [2.45, 2.75) is 70.0 Å². The van der Waals surface area contributed by atoms with E-state index in [1.165, 1.54) is 32.1 Å². The molecule has 0 aliphatic heterocycles. The molecule has 1 spiro atoms. The number of fused-ring (bicyclic) bond motifs is 1. The van der Waals surface area contributed by atoms with Gasteiger partial charge in [0, 0.05) is 18.9 Å². The van der Waals surface area contributed by atoms with E-state index in [-0.39, 0.29) is 28.6 Å². The van der Waals surface area contributed by atoms with E-state index in [1.54, 1.807) is 7.11 Å². The molecule has 0 aromatic rings. The summed E-state index contributed by atoms with van der Waals surface area (Å²) in [7, 11) is 1.69. The highest BCUT2D eigenvalue weighted by molar-refractivity contribution is 5.88. The molecule has 0 heterocycles. The molecule has 0 aromatic carbocycles. The smallest absolute Gasteiger partial charge is 0.141 e. The molecule has 0 amide bonds. The molecule has 0 radical (unpaired) electrons. The Morgan fingerprint density at radius 3 is 2.92 bits per heavy atom. The van der Waals surface area contributed by atoms with Gasteiger partial charge in [-0.05, 0) is 67.1 Å². The predicted octanol–water partition coefficient (Wildman–Crippen LogP) is 3.50. The summed E-state index contributed by atoms with van der Waals surface area (Å²) in [5.41, 5.74) is -0.733. The number of allylic oxidation sites excluding steroid dienone is 2. The first-order chi connectivity index (χ1) is 12.0. The maximum atomic E-state index is 13.1. The lowest BCUT2D eigenvalue weighted by molar-refractivity contribution is -0.193. The van der Waals surface area contributed by atoms with Crippen molar-refractivity contribution >= 4 is 5.78 Å². The molecule has 0 aromatic heterocycles. The number of hydrogen-bond acceptors (Lipinski definition) is 3. The summed E-state index contributed by atoms with van der Waals surface area (Å²) in [6, 6.07) is 0. The minimum Gasteiger partial charge on any atom is -0.386 e. The van der Waals surface area contributed by atoms with Gasteiger partial charge >= 0.3 is 0 Å². The minimum absolute atomic E-state index is 0.0832. The Morgan fingerprint density at radius 2 is 2.12 bits per heavy atom. The molecule has 136 valence electrons. The monoisotopic (exact) mass is 342 g/mol. The van der Waals surface area contributed by atoms with Crippen molar-refractivity contribution < 1.29 is 14.6 Å². The predicted molar refractivity (Wildman–Crippen MR) is 93.8 cm³/mol. The quantitative estimate of drug-likeness (QED) is 0.742.